The van der Waals surface area contributed by atoms with Crippen LogP contribution in [0, 0.1) is 5.92 Å². The number of carbonyl (C=O) groups excluding carboxylic acids is 1. The SMILES string of the molecule is CCCCCCC(CCCCC(C)C)OC(=O)c1ccccc1C(=O)O. The Labute approximate surface area is 158 Å². The fourth-order valence-electron chi connectivity index (χ4n) is 3.05. The Bertz CT molecular complexity index is 551. The Kier molecular flexibility index (Phi) is 10.7. The summed E-state index contributed by atoms with van der Waals surface area (Å²) in [6.45, 7) is 6.60. The lowest BCUT2D eigenvalue weighted by molar-refractivity contribution is 0.0243. The number of carbonyl (C=O) groups is 2. The molecular weight excluding hydrogens is 328 g/mol. The minimum atomic E-state index is -1.10. The van der Waals surface area contributed by atoms with Gasteiger partial charge in [0.15, 0.2) is 0 Å². The second-order valence-electron chi connectivity index (χ2n) is 7.41. The van der Waals surface area contributed by atoms with Gasteiger partial charge in [0, 0.05) is 0 Å². The van der Waals surface area contributed by atoms with E-state index >= 15 is 0 Å². The van der Waals surface area contributed by atoms with Crippen molar-refractivity contribution in [2.24, 2.45) is 5.92 Å². The van der Waals surface area contributed by atoms with Crippen molar-refractivity contribution in [3.63, 3.8) is 0 Å². The van der Waals surface area contributed by atoms with Crippen LogP contribution in [0.15, 0.2) is 24.3 Å². The van der Waals surface area contributed by atoms with Crippen LogP contribution in [-0.4, -0.2) is 23.1 Å². The van der Waals surface area contributed by atoms with Crippen molar-refractivity contribution < 1.29 is 19.4 Å². The van der Waals surface area contributed by atoms with E-state index in [4.69, 9.17) is 4.74 Å². The number of unbranched alkanes of at least 4 members (excludes halogenated alkanes) is 4. The molecule has 0 bridgehead atoms. The van der Waals surface area contributed by atoms with Gasteiger partial charge in [0.1, 0.15) is 6.10 Å². The summed E-state index contributed by atoms with van der Waals surface area (Å²) < 4.78 is 5.71. The Morgan fingerprint density at radius 1 is 0.923 bits per heavy atom. The molecule has 0 radical (unpaired) electrons. The highest BCUT2D eigenvalue weighted by molar-refractivity contribution is 6.02. The van der Waals surface area contributed by atoms with Crippen molar-refractivity contribution in [1.82, 2.24) is 0 Å². The third kappa shape index (κ3) is 8.50. The van der Waals surface area contributed by atoms with Crippen LogP contribution in [0.2, 0.25) is 0 Å². The quantitative estimate of drug-likeness (QED) is 0.340. The molecule has 0 saturated heterocycles. The molecule has 1 aromatic carbocycles. The molecule has 1 rings (SSSR count). The highest BCUT2D eigenvalue weighted by atomic mass is 16.5. The second-order valence-corrected chi connectivity index (χ2v) is 7.41. The monoisotopic (exact) mass is 362 g/mol. The molecule has 1 aromatic rings. The molecule has 0 aliphatic carbocycles. The van der Waals surface area contributed by atoms with Gasteiger partial charge in [0.25, 0.3) is 0 Å². The van der Waals surface area contributed by atoms with E-state index in [1.807, 2.05) is 0 Å². The summed E-state index contributed by atoms with van der Waals surface area (Å²) in [7, 11) is 0. The second kappa shape index (κ2) is 12.5. The summed E-state index contributed by atoms with van der Waals surface area (Å²) in [6.07, 6.45) is 9.45. The van der Waals surface area contributed by atoms with E-state index in [0.29, 0.717) is 5.92 Å². The van der Waals surface area contributed by atoms with Gasteiger partial charge in [-0.15, -0.1) is 0 Å². The van der Waals surface area contributed by atoms with E-state index in [9.17, 15) is 14.7 Å². The van der Waals surface area contributed by atoms with Gasteiger partial charge in [-0.3, -0.25) is 0 Å². The first-order chi connectivity index (χ1) is 12.5. The van der Waals surface area contributed by atoms with E-state index in [1.54, 1.807) is 12.1 Å². The van der Waals surface area contributed by atoms with Gasteiger partial charge in [0.2, 0.25) is 0 Å². The van der Waals surface area contributed by atoms with E-state index in [2.05, 4.69) is 20.8 Å². The topological polar surface area (TPSA) is 63.6 Å². The van der Waals surface area contributed by atoms with Crippen LogP contribution in [0.5, 0.6) is 0 Å². The van der Waals surface area contributed by atoms with E-state index in [-0.39, 0.29) is 17.2 Å². The molecule has 4 heteroatoms. The number of benzene rings is 1. The van der Waals surface area contributed by atoms with Gasteiger partial charge in [-0.05, 0) is 43.7 Å². The van der Waals surface area contributed by atoms with Crippen LogP contribution in [0.3, 0.4) is 0 Å². The maximum Gasteiger partial charge on any atom is 0.339 e. The number of hydrogen-bond acceptors (Lipinski definition) is 3. The molecule has 0 saturated carbocycles. The minimum absolute atomic E-state index is 0.00189. The molecule has 0 heterocycles. The largest absolute Gasteiger partial charge is 0.478 e. The van der Waals surface area contributed by atoms with Crippen LogP contribution in [0.1, 0.15) is 99.3 Å². The van der Waals surface area contributed by atoms with Crippen molar-refractivity contribution in [3.05, 3.63) is 35.4 Å². The van der Waals surface area contributed by atoms with E-state index in [0.717, 1.165) is 38.5 Å². The lowest BCUT2D eigenvalue weighted by Crippen LogP contribution is -2.20. The Morgan fingerprint density at radius 2 is 1.50 bits per heavy atom. The number of carboxylic acids is 1. The molecule has 146 valence electrons. The molecule has 4 nitrogen and oxygen atoms in total. The van der Waals surface area contributed by atoms with Gasteiger partial charge >= 0.3 is 11.9 Å². The first-order valence-electron chi connectivity index (χ1n) is 9.99. The highest BCUT2D eigenvalue weighted by Gasteiger charge is 2.20. The third-order valence-corrected chi connectivity index (χ3v) is 4.59. The molecule has 1 atom stereocenters. The number of rotatable bonds is 13. The van der Waals surface area contributed by atoms with Crippen LogP contribution in [0.4, 0.5) is 0 Å². The average Bonchev–Trinajstić information content (AvgIpc) is 2.61. The van der Waals surface area contributed by atoms with E-state index in [1.165, 1.54) is 31.4 Å². The molecular formula is C22H34O4. The van der Waals surface area contributed by atoms with Crippen LogP contribution < -0.4 is 0 Å². The molecule has 0 spiro atoms. The van der Waals surface area contributed by atoms with Crippen LogP contribution in [-0.2, 0) is 4.74 Å². The lowest BCUT2D eigenvalue weighted by atomic mass is 10.0. The smallest absolute Gasteiger partial charge is 0.339 e. The summed E-state index contributed by atoms with van der Waals surface area (Å²) in [5, 5.41) is 9.27. The lowest BCUT2D eigenvalue weighted by Gasteiger charge is -2.19. The number of esters is 1. The van der Waals surface area contributed by atoms with Crippen molar-refractivity contribution in [2.75, 3.05) is 0 Å². The Hall–Kier alpha value is -1.84. The molecule has 1 N–H and O–H groups in total. The number of ether oxygens (including phenoxy) is 1. The van der Waals surface area contributed by atoms with Gasteiger partial charge < -0.3 is 9.84 Å². The normalized spacial score (nSPS) is 12.2. The number of aromatic carboxylic acids is 1. The molecule has 0 aliphatic rings. The van der Waals surface area contributed by atoms with Crippen molar-refractivity contribution in [3.8, 4) is 0 Å². The van der Waals surface area contributed by atoms with Gasteiger partial charge in [0.05, 0.1) is 11.1 Å². The average molecular weight is 363 g/mol. The summed E-state index contributed by atoms with van der Waals surface area (Å²) in [5.74, 6) is -0.940. The van der Waals surface area contributed by atoms with Gasteiger partial charge in [-0.2, -0.15) is 0 Å². The maximum atomic E-state index is 12.5. The minimum Gasteiger partial charge on any atom is -0.478 e. The number of hydrogen-bond donors (Lipinski definition) is 1. The predicted octanol–water partition coefficient (Wildman–Crippen LogP) is 6.10. The summed E-state index contributed by atoms with van der Waals surface area (Å²) in [4.78, 5) is 23.8. The van der Waals surface area contributed by atoms with Gasteiger partial charge in [-0.1, -0.05) is 65.0 Å². The van der Waals surface area contributed by atoms with Crippen LogP contribution in [0.25, 0.3) is 0 Å². The first kappa shape index (κ1) is 22.2. The predicted molar refractivity (Wildman–Crippen MR) is 105 cm³/mol. The van der Waals surface area contributed by atoms with Crippen molar-refractivity contribution >= 4 is 11.9 Å². The zero-order valence-corrected chi connectivity index (χ0v) is 16.5. The fraction of sp³-hybridized carbons (Fsp3) is 0.636. The van der Waals surface area contributed by atoms with E-state index < -0.39 is 11.9 Å². The molecule has 1 unspecified atom stereocenters. The molecule has 26 heavy (non-hydrogen) atoms. The Balaban J connectivity index is 2.67. The molecule has 0 amide bonds. The molecule has 0 aliphatic heterocycles. The number of carboxylic acid groups (broad SMARTS) is 1. The summed E-state index contributed by atoms with van der Waals surface area (Å²) in [6, 6.07) is 6.26. The summed E-state index contributed by atoms with van der Waals surface area (Å²) >= 11 is 0. The zero-order valence-electron chi connectivity index (χ0n) is 16.5. The van der Waals surface area contributed by atoms with Crippen molar-refractivity contribution in [1.29, 1.82) is 0 Å². The van der Waals surface area contributed by atoms with Crippen molar-refractivity contribution in [2.45, 2.75) is 84.7 Å². The zero-order chi connectivity index (χ0) is 19.4. The fourth-order valence-corrected chi connectivity index (χ4v) is 3.05. The Morgan fingerprint density at radius 3 is 2.08 bits per heavy atom. The first-order valence-corrected chi connectivity index (χ1v) is 9.99. The van der Waals surface area contributed by atoms with Crippen LogP contribution >= 0.6 is 0 Å². The van der Waals surface area contributed by atoms with Gasteiger partial charge in [-0.25, -0.2) is 9.59 Å². The maximum absolute atomic E-state index is 12.5. The summed E-state index contributed by atoms with van der Waals surface area (Å²) in [5.41, 5.74) is 0.141. The standard InChI is InChI=1S/C22H34O4/c1-4-5-6-7-13-18(14-9-8-12-17(2)3)26-22(25)20-16-11-10-15-19(20)21(23)24/h10-11,15-18H,4-9,12-14H2,1-3H3,(H,23,24). The molecule has 0 fully saturated rings. The third-order valence-electron chi connectivity index (χ3n) is 4.59. The molecule has 0 aromatic heterocycles. The highest BCUT2D eigenvalue weighted by Crippen LogP contribution is 2.19.